The fraction of sp³-hybridized carbons (Fsp3) is 0.857. The molecular weight excluding hydrogens is 132 g/mol. The summed E-state index contributed by atoms with van der Waals surface area (Å²) in [6.45, 7) is 3.58. The van der Waals surface area contributed by atoms with Gasteiger partial charge in [-0.25, -0.2) is 0 Å². The summed E-state index contributed by atoms with van der Waals surface area (Å²) >= 11 is 0. The Morgan fingerprint density at radius 1 is 1.60 bits per heavy atom. The van der Waals surface area contributed by atoms with Gasteiger partial charge in [-0.05, 0) is 6.42 Å². The molecule has 0 saturated carbocycles. The maximum absolute atomic E-state index is 10.2. The number of hydrogen-bond acceptors (Lipinski definition) is 2. The predicted molar refractivity (Wildman–Crippen MR) is 37.7 cm³/mol. The number of carboxylic acids is 1. The summed E-state index contributed by atoms with van der Waals surface area (Å²) in [6.07, 6.45) is 0.732. The summed E-state index contributed by atoms with van der Waals surface area (Å²) in [6, 6.07) is 0. The molecule has 0 aromatic heterocycles. The van der Waals surface area contributed by atoms with Crippen molar-refractivity contribution in [1.29, 1.82) is 0 Å². The predicted octanol–water partition coefficient (Wildman–Crippen LogP) is 0.870. The molecule has 0 amide bonds. The number of aliphatic carboxylic acids is 1. The maximum Gasteiger partial charge on any atom is 0.303 e. The molecule has 2 N–H and O–H groups in total. The average molecular weight is 146 g/mol. The lowest BCUT2D eigenvalue weighted by Gasteiger charge is -2.22. The number of carbonyl (C=O) groups is 1. The molecule has 0 fully saturated rings. The standard InChI is InChI=1S/C7H14O3/c1-3-7(2,5-8)4-6(9)10/h8H,3-5H2,1-2H3,(H,9,10). The zero-order valence-corrected chi connectivity index (χ0v) is 6.42. The van der Waals surface area contributed by atoms with Gasteiger partial charge in [-0.3, -0.25) is 4.79 Å². The van der Waals surface area contributed by atoms with Crippen LogP contribution in [0.1, 0.15) is 26.7 Å². The molecule has 0 spiro atoms. The Hall–Kier alpha value is -0.570. The highest BCUT2D eigenvalue weighted by molar-refractivity contribution is 5.67. The number of hydrogen-bond donors (Lipinski definition) is 2. The second-order valence-electron chi connectivity index (χ2n) is 2.89. The quantitative estimate of drug-likeness (QED) is 0.618. The highest BCUT2D eigenvalue weighted by Crippen LogP contribution is 2.24. The van der Waals surface area contributed by atoms with Gasteiger partial charge in [0.25, 0.3) is 0 Å². The summed E-state index contributed by atoms with van der Waals surface area (Å²) in [5, 5.41) is 17.2. The van der Waals surface area contributed by atoms with Crippen LogP contribution in [-0.4, -0.2) is 22.8 Å². The number of rotatable bonds is 4. The summed E-state index contributed by atoms with van der Waals surface area (Å²) in [5.41, 5.74) is -0.439. The third kappa shape index (κ3) is 2.82. The molecule has 0 aliphatic rings. The summed E-state index contributed by atoms with van der Waals surface area (Å²) in [4.78, 5) is 10.2. The van der Waals surface area contributed by atoms with E-state index in [-0.39, 0.29) is 13.0 Å². The van der Waals surface area contributed by atoms with Gasteiger partial charge in [0.05, 0.1) is 6.42 Å². The van der Waals surface area contributed by atoms with Crippen LogP contribution in [0.25, 0.3) is 0 Å². The third-order valence-electron chi connectivity index (χ3n) is 1.81. The molecule has 10 heavy (non-hydrogen) atoms. The Morgan fingerprint density at radius 3 is 2.20 bits per heavy atom. The molecule has 0 heterocycles. The molecule has 3 heteroatoms. The zero-order chi connectivity index (χ0) is 8.20. The van der Waals surface area contributed by atoms with Gasteiger partial charge in [0.15, 0.2) is 0 Å². The van der Waals surface area contributed by atoms with Gasteiger partial charge in [0.2, 0.25) is 0 Å². The molecule has 0 radical (unpaired) electrons. The van der Waals surface area contributed by atoms with E-state index in [1.54, 1.807) is 6.92 Å². The van der Waals surface area contributed by atoms with E-state index in [0.717, 1.165) is 0 Å². The molecule has 0 rings (SSSR count). The fourth-order valence-corrected chi connectivity index (χ4v) is 0.658. The minimum atomic E-state index is -0.849. The second-order valence-corrected chi connectivity index (χ2v) is 2.89. The Bertz CT molecular complexity index is 116. The van der Waals surface area contributed by atoms with Gasteiger partial charge >= 0.3 is 5.97 Å². The summed E-state index contributed by atoms with van der Waals surface area (Å²) < 4.78 is 0. The first kappa shape index (κ1) is 9.43. The van der Waals surface area contributed by atoms with Crippen molar-refractivity contribution in [3.05, 3.63) is 0 Å². The van der Waals surface area contributed by atoms with Crippen LogP contribution in [-0.2, 0) is 4.79 Å². The lowest BCUT2D eigenvalue weighted by Crippen LogP contribution is -2.23. The van der Waals surface area contributed by atoms with Gasteiger partial charge in [0.1, 0.15) is 0 Å². The van der Waals surface area contributed by atoms with Crippen molar-refractivity contribution in [1.82, 2.24) is 0 Å². The third-order valence-corrected chi connectivity index (χ3v) is 1.81. The van der Waals surface area contributed by atoms with Crippen molar-refractivity contribution < 1.29 is 15.0 Å². The Labute approximate surface area is 60.7 Å². The van der Waals surface area contributed by atoms with E-state index in [1.165, 1.54) is 0 Å². The van der Waals surface area contributed by atoms with E-state index >= 15 is 0 Å². The molecule has 0 aromatic carbocycles. The van der Waals surface area contributed by atoms with E-state index in [2.05, 4.69) is 0 Å². The van der Waals surface area contributed by atoms with Crippen LogP contribution in [0.15, 0.2) is 0 Å². The van der Waals surface area contributed by atoms with Crippen molar-refractivity contribution in [2.45, 2.75) is 26.7 Å². The normalized spacial score (nSPS) is 16.3. The Balaban J connectivity index is 3.92. The number of carboxylic acid groups (broad SMARTS) is 1. The molecular formula is C7H14O3. The first-order valence-corrected chi connectivity index (χ1v) is 3.37. The largest absolute Gasteiger partial charge is 0.481 e. The molecule has 0 bridgehead atoms. The first-order chi connectivity index (χ1) is 4.54. The summed E-state index contributed by atoms with van der Waals surface area (Å²) in [5.74, 6) is -0.849. The SMILES string of the molecule is CCC(C)(CO)CC(=O)O. The second kappa shape index (κ2) is 3.56. The van der Waals surface area contributed by atoms with Gasteiger partial charge in [-0.15, -0.1) is 0 Å². The minimum absolute atomic E-state index is 0.0417. The molecule has 0 aliphatic carbocycles. The first-order valence-electron chi connectivity index (χ1n) is 3.37. The molecule has 0 saturated heterocycles. The van der Waals surface area contributed by atoms with Crippen molar-refractivity contribution in [2.24, 2.45) is 5.41 Å². The van der Waals surface area contributed by atoms with E-state index < -0.39 is 11.4 Å². The van der Waals surface area contributed by atoms with Crippen molar-refractivity contribution in [3.63, 3.8) is 0 Å². The van der Waals surface area contributed by atoms with Crippen LogP contribution in [0.5, 0.6) is 0 Å². The van der Waals surface area contributed by atoms with E-state index in [4.69, 9.17) is 10.2 Å². The van der Waals surface area contributed by atoms with Crippen LogP contribution in [0.3, 0.4) is 0 Å². The van der Waals surface area contributed by atoms with Crippen molar-refractivity contribution >= 4 is 5.97 Å². The lowest BCUT2D eigenvalue weighted by molar-refractivity contribution is -0.140. The molecule has 0 aromatic rings. The molecule has 1 unspecified atom stereocenters. The minimum Gasteiger partial charge on any atom is -0.481 e. The highest BCUT2D eigenvalue weighted by Gasteiger charge is 2.23. The van der Waals surface area contributed by atoms with Crippen molar-refractivity contribution in [3.8, 4) is 0 Å². The maximum atomic E-state index is 10.2. The van der Waals surface area contributed by atoms with Crippen LogP contribution in [0.4, 0.5) is 0 Å². The molecule has 1 atom stereocenters. The molecule has 3 nitrogen and oxygen atoms in total. The van der Waals surface area contributed by atoms with E-state index in [9.17, 15) is 4.79 Å². The van der Waals surface area contributed by atoms with Gasteiger partial charge in [-0.1, -0.05) is 13.8 Å². The average Bonchev–Trinajstić information content (AvgIpc) is 1.87. The summed E-state index contributed by atoms with van der Waals surface area (Å²) in [7, 11) is 0. The van der Waals surface area contributed by atoms with Crippen LogP contribution in [0, 0.1) is 5.41 Å². The zero-order valence-electron chi connectivity index (χ0n) is 6.42. The Morgan fingerprint density at radius 2 is 2.10 bits per heavy atom. The topological polar surface area (TPSA) is 57.5 Å². The molecule has 0 aliphatic heterocycles. The molecule has 60 valence electrons. The van der Waals surface area contributed by atoms with E-state index in [0.29, 0.717) is 6.42 Å². The Kier molecular flexibility index (Phi) is 3.36. The van der Waals surface area contributed by atoms with Crippen LogP contribution >= 0.6 is 0 Å². The number of aliphatic hydroxyl groups excluding tert-OH is 1. The monoisotopic (exact) mass is 146 g/mol. The number of aliphatic hydroxyl groups is 1. The lowest BCUT2D eigenvalue weighted by atomic mass is 9.85. The fourth-order valence-electron chi connectivity index (χ4n) is 0.658. The van der Waals surface area contributed by atoms with Crippen LogP contribution < -0.4 is 0 Å². The smallest absolute Gasteiger partial charge is 0.303 e. The van der Waals surface area contributed by atoms with Crippen molar-refractivity contribution in [2.75, 3.05) is 6.61 Å². The van der Waals surface area contributed by atoms with Gasteiger partial charge < -0.3 is 10.2 Å². The van der Waals surface area contributed by atoms with Gasteiger partial charge in [0, 0.05) is 12.0 Å². The van der Waals surface area contributed by atoms with E-state index in [1.807, 2.05) is 6.92 Å². The van der Waals surface area contributed by atoms with Gasteiger partial charge in [-0.2, -0.15) is 0 Å². The van der Waals surface area contributed by atoms with Crippen LogP contribution in [0.2, 0.25) is 0 Å². The highest BCUT2D eigenvalue weighted by atomic mass is 16.4.